The summed E-state index contributed by atoms with van der Waals surface area (Å²) in [6.45, 7) is 2.75. The Balaban J connectivity index is 5.71. The second-order valence-electron chi connectivity index (χ2n) is 12.6. The number of carboxylic acid groups (broad SMARTS) is 2. The minimum atomic E-state index is -1.81. The lowest BCUT2D eigenvalue weighted by Crippen LogP contribution is -2.60. The van der Waals surface area contributed by atoms with Gasteiger partial charge in [0.2, 0.25) is 41.4 Å². The van der Waals surface area contributed by atoms with E-state index in [2.05, 4.69) is 36.9 Å². The van der Waals surface area contributed by atoms with Crippen molar-refractivity contribution < 1.29 is 63.6 Å². The molecule has 0 rings (SSSR count). The first-order valence-electron chi connectivity index (χ1n) is 16.7. The fourth-order valence-electron chi connectivity index (χ4n) is 4.48. The number of aliphatic imine (C=N–C) groups is 1. The number of carboxylic acids is 2. The van der Waals surface area contributed by atoms with Crippen LogP contribution < -0.4 is 54.8 Å². The average molecular weight is 776 g/mol. The van der Waals surface area contributed by atoms with Gasteiger partial charge in [-0.05, 0) is 38.5 Å². The van der Waals surface area contributed by atoms with Gasteiger partial charge in [-0.2, -0.15) is 0 Å². The molecule has 0 aromatic rings. The second kappa shape index (κ2) is 24.6. The van der Waals surface area contributed by atoms with Crippen molar-refractivity contribution in [3.05, 3.63) is 0 Å². The van der Waals surface area contributed by atoms with E-state index >= 15 is 0 Å². The Labute approximate surface area is 310 Å². The van der Waals surface area contributed by atoms with Crippen LogP contribution in [0.25, 0.3) is 0 Å². The molecule has 0 heterocycles. The zero-order valence-corrected chi connectivity index (χ0v) is 30.2. The Hall–Kier alpha value is -5.62. The number of aliphatic hydroxyl groups excluding tert-OH is 2. The largest absolute Gasteiger partial charge is 0.481 e. The van der Waals surface area contributed by atoms with E-state index in [1.165, 1.54) is 0 Å². The normalized spacial score (nSPS) is 14.7. The molecule has 0 aromatic carbocycles. The number of nitrogens with one attached hydrogen (secondary N) is 6. The van der Waals surface area contributed by atoms with Gasteiger partial charge in [0, 0.05) is 13.0 Å². The van der Waals surface area contributed by atoms with Gasteiger partial charge in [-0.3, -0.25) is 43.3 Å². The Morgan fingerprint density at radius 1 is 0.704 bits per heavy atom. The number of guanidine groups is 1. The minimum absolute atomic E-state index is 0.0638. The Morgan fingerprint density at radius 3 is 1.78 bits per heavy atom. The number of rotatable bonds is 26. The van der Waals surface area contributed by atoms with Crippen LogP contribution in [0.1, 0.15) is 59.3 Å². The number of aliphatic hydroxyl groups is 2. The second-order valence-corrected chi connectivity index (χ2v) is 12.6. The number of primary amides is 1. The van der Waals surface area contributed by atoms with Crippen molar-refractivity contribution >= 4 is 59.2 Å². The predicted octanol–water partition coefficient (Wildman–Crippen LogP) is -6.85. The third-order valence-corrected chi connectivity index (χ3v) is 7.27. The molecule has 0 aromatic heterocycles. The number of hydrogen-bond acceptors (Lipinski definition) is 13. The molecule has 0 saturated heterocycles. The predicted molar refractivity (Wildman–Crippen MR) is 187 cm³/mol. The number of aliphatic carboxylic acids is 2. The minimum Gasteiger partial charge on any atom is -0.481 e. The van der Waals surface area contributed by atoms with Crippen LogP contribution in [0.4, 0.5) is 0 Å². The number of carbonyl (C=O) groups excluding carboxylic acids is 7. The van der Waals surface area contributed by atoms with Crippen molar-refractivity contribution in [3.63, 3.8) is 0 Å². The lowest BCUT2D eigenvalue weighted by Gasteiger charge is -2.27. The molecule has 7 amide bonds. The molecule has 54 heavy (non-hydrogen) atoms. The van der Waals surface area contributed by atoms with Gasteiger partial charge in [0.15, 0.2) is 5.96 Å². The average Bonchev–Trinajstić information content (AvgIpc) is 3.06. The Morgan fingerprint density at radius 2 is 1.28 bits per heavy atom. The summed E-state index contributed by atoms with van der Waals surface area (Å²) in [7, 11) is 0. The molecule has 0 saturated carbocycles. The summed E-state index contributed by atoms with van der Waals surface area (Å²) < 4.78 is 0. The summed E-state index contributed by atoms with van der Waals surface area (Å²) in [6.07, 6.45) is -2.97. The summed E-state index contributed by atoms with van der Waals surface area (Å²) in [4.78, 5) is 115. The van der Waals surface area contributed by atoms with E-state index in [0.717, 1.165) is 6.92 Å². The van der Waals surface area contributed by atoms with E-state index in [1.54, 1.807) is 13.8 Å². The molecule has 0 aliphatic carbocycles. The molecule has 18 N–H and O–H groups in total. The number of nitrogens with zero attached hydrogens (tertiary/aromatic N) is 1. The van der Waals surface area contributed by atoms with Crippen LogP contribution in [0, 0.1) is 5.92 Å². The molecule has 0 unspecified atom stereocenters. The highest BCUT2D eigenvalue weighted by Gasteiger charge is 2.34. The lowest BCUT2D eigenvalue weighted by atomic mass is 10.0. The van der Waals surface area contributed by atoms with Crippen molar-refractivity contribution in [1.82, 2.24) is 31.9 Å². The first-order chi connectivity index (χ1) is 25.1. The van der Waals surface area contributed by atoms with Crippen molar-refractivity contribution in [2.45, 2.75) is 102 Å². The zero-order chi connectivity index (χ0) is 41.7. The third-order valence-electron chi connectivity index (χ3n) is 7.27. The van der Waals surface area contributed by atoms with Crippen LogP contribution >= 0.6 is 0 Å². The van der Waals surface area contributed by atoms with Gasteiger partial charge < -0.3 is 75.3 Å². The zero-order valence-electron chi connectivity index (χ0n) is 30.2. The van der Waals surface area contributed by atoms with Crippen LogP contribution in [0.2, 0.25) is 0 Å². The van der Waals surface area contributed by atoms with Gasteiger partial charge in [-0.25, -0.2) is 4.79 Å². The van der Waals surface area contributed by atoms with Gasteiger partial charge in [-0.1, -0.05) is 13.8 Å². The summed E-state index contributed by atoms with van der Waals surface area (Å²) in [6, 6.07) is -9.27. The molecule has 24 nitrogen and oxygen atoms in total. The summed E-state index contributed by atoms with van der Waals surface area (Å²) in [5.41, 5.74) is 21.1. The highest BCUT2D eigenvalue weighted by molar-refractivity contribution is 5.97. The van der Waals surface area contributed by atoms with E-state index in [-0.39, 0.29) is 50.5 Å². The summed E-state index contributed by atoms with van der Waals surface area (Å²) in [5.74, 6) is -10.5. The number of hydrogen-bond donors (Lipinski definition) is 14. The molecule has 0 spiro atoms. The highest BCUT2D eigenvalue weighted by Crippen LogP contribution is 2.08. The molecule has 24 heteroatoms. The summed E-state index contributed by atoms with van der Waals surface area (Å²) >= 11 is 0. The standard InChI is InChI=1S/C30H53N11O13/c1-13(2)9-17(27(51)41-23(14(3)43)28(52)38-16(29(53)54)5-4-8-35-30(33)34)39-26(50)18(10-22(46)47)37-21(45)11-36-25(49)19(12-42)40-24(48)15(31)6-7-20(32)44/h13-19,23,42-43H,4-12,31H2,1-3H3,(H2,32,44)(H,36,49)(H,37,45)(H,38,52)(H,39,50)(H,40,48)(H,41,51)(H,46,47)(H,53,54)(H4,33,34,35)/t14-,15+,16+,17+,18+,19+,23+/m1/s1. The topological polar surface area (TPSA) is 423 Å². The molecular formula is C30H53N11O13. The van der Waals surface area contributed by atoms with E-state index in [9.17, 15) is 63.6 Å². The van der Waals surface area contributed by atoms with Crippen molar-refractivity contribution in [1.29, 1.82) is 0 Å². The SMILES string of the molecule is CC(C)C[C@H](NC(=O)[C@H](CC(=O)O)NC(=O)CNC(=O)[C@H](CO)NC(=O)[C@@H](N)CCC(N)=O)C(=O)N[C@H](C(=O)N[C@@H](CCCN=C(N)N)C(=O)O)[C@@H](C)O. The van der Waals surface area contributed by atoms with Gasteiger partial charge in [-0.15, -0.1) is 0 Å². The van der Waals surface area contributed by atoms with E-state index in [1.807, 2.05) is 0 Å². The molecule has 0 radical (unpaired) electrons. The first kappa shape index (κ1) is 48.4. The molecular weight excluding hydrogens is 722 g/mol. The van der Waals surface area contributed by atoms with Crippen LogP contribution in [0.3, 0.4) is 0 Å². The number of carbonyl (C=O) groups is 9. The monoisotopic (exact) mass is 775 g/mol. The maximum absolute atomic E-state index is 13.3. The lowest BCUT2D eigenvalue weighted by molar-refractivity contribution is -0.143. The maximum atomic E-state index is 13.3. The van der Waals surface area contributed by atoms with E-state index in [4.69, 9.17) is 22.9 Å². The fraction of sp³-hybridized carbons (Fsp3) is 0.667. The Bertz CT molecular complexity index is 1370. The Kier molecular flexibility index (Phi) is 22.0. The van der Waals surface area contributed by atoms with Gasteiger partial charge >= 0.3 is 11.9 Å². The summed E-state index contributed by atoms with van der Waals surface area (Å²) in [5, 5.41) is 51.9. The van der Waals surface area contributed by atoms with E-state index < -0.39 is 115 Å². The van der Waals surface area contributed by atoms with Crippen LogP contribution in [-0.2, 0) is 43.2 Å². The molecule has 0 aliphatic rings. The smallest absolute Gasteiger partial charge is 0.326 e. The van der Waals surface area contributed by atoms with Gasteiger partial charge in [0.1, 0.15) is 30.2 Å². The molecule has 0 aliphatic heterocycles. The first-order valence-corrected chi connectivity index (χ1v) is 16.7. The highest BCUT2D eigenvalue weighted by atomic mass is 16.4. The quantitative estimate of drug-likeness (QED) is 0.0220. The number of nitrogens with two attached hydrogens (primary N) is 4. The van der Waals surface area contributed by atoms with E-state index in [0.29, 0.717) is 0 Å². The van der Waals surface area contributed by atoms with Crippen molar-refractivity contribution in [2.24, 2.45) is 33.8 Å². The van der Waals surface area contributed by atoms with Crippen molar-refractivity contribution in [2.75, 3.05) is 19.7 Å². The van der Waals surface area contributed by atoms with Gasteiger partial charge in [0.25, 0.3) is 0 Å². The van der Waals surface area contributed by atoms with Crippen molar-refractivity contribution in [3.8, 4) is 0 Å². The third kappa shape index (κ3) is 19.8. The van der Waals surface area contributed by atoms with Gasteiger partial charge in [0.05, 0.1) is 31.7 Å². The fourth-order valence-corrected chi connectivity index (χ4v) is 4.48. The van der Waals surface area contributed by atoms with Crippen LogP contribution in [-0.4, -0.2) is 142 Å². The van der Waals surface area contributed by atoms with Crippen LogP contribution in [0.5, 0.6) is 0 Å². The number of amides is 7. The maximum Gasteiger partial charge on any atom is 0.326 e. The molecule has 0 fully saturated rings. The molecule has 306 valence electrons. The molecule has 7 atom stereocenters. The van der Waals surface area contributed by atoms with Crippen LogP contribution in [0.15, 0.2) is 4.99 Å². The molecule has 0 bridgehead atoms.